The van der Waals surface area contributed by atoms with Crippen molar-refractivity contribution in [1.29, 1.82) is 0 Å². The molecule has 0 aliphatic carbocycles. The van der Waals surface area contributed by atoms with Crippen LogP contribution in [0.2, 0.25) is 0 Å². The monoisotopic (exact) mass is 395 g/mol. The van der Waals surface area contributed by atoms with Crippen molar-refractivity contribution in [3.8, 4) is 11.4 Å². The second kappa shape index (κ2) is 7.82. The Kier molecular flexibility index (Phi) is 5.07. The predicted molar refractivity (Wildman–Crippen MR) is 104 cm³/mol. The Labute approximate surface area is 167 Å². The number of nitrogens with zero attached hydrogens (tertiary/aromatic N) is 6. The van der Waals surface area contributed by atoms with Gasteiger partial charge >= 0.3 is 6.09 Å². The van der Waals surface area contributed by atoms with Crippen LogP contribution in [-0.2, 0) is 4.74 Å². The van der Waals surface area contributed by atoms with Gasteiger partial charge in [-0.15, -0.1) is 0 Å². The van der Waals surface area contributed by atoms with Crippen LogP contribution in [-0.4, -0.2) is 43.8 Å². The molecule has 1 saturated heterocycles. The van der Waals surface area contributed by atoms with Crippen molar-refractivity contribution < 1.29 is 14.1 Å². The van der Waals surface area contributed by atoms with Crippen LogP contribution in [0.5, 0.6) is 0 Å². The summed E-state index contributed by atoms with van der Waals surface area (Å²) in [6, 6.07) is 4.94. The number of pyridine rings is 1. The van der Waals surface area contributed by atoms with Gasteiger partial charge in [-0.05, 0) is 31.0 Å². The molecule has 1 aliphatic heterocycles. The van der Waals surface area contributed by atoms with E-state index >= 15 is 0 Å². The molecule has 3 aromatic heterocycles. The van der Waals surface area contributed by atoms with Gasteiger partial charge in [0.05, 0.1) is 6.04 Å². The summed E-state index contributed by atoms with van der Waals surface area (Å²) in [5, 5.41) is 7.13. The number of aromatic nitrogens is 5. The lowest BCUT2D eigenvalue weighted by Gasteiger charge is -2.23. The standard InChI is InChI=1S/C19H21N7O3/c1-11(2)14-10-28-19(27)26(14)15-6-8-21-18(23-15)22-12(3)17-24-16(25-29-17)13-5-4-7-20-9-13/h4-9,11-12,14H,10H2,1-3H3,(H,21,22,23)/t12-,14-/m1/s1. The second-order valence-corrected chi connectivity index (χ2v) is 7.06. The SMILES string of the molecule is CC(C)[C@H]1COC(=O)N1c1ccnc(N[C@H](C)c2nc(-c3cccnc3)no2)n1. The minimum Gasteiger partial charge on any atom is -0.447 e. The minimum absolute atomic E-state index is 0.0688. The molecular weight excluding hydrogens is 374 g/mol. The second-order valence-electron chi connectivity index (χ2n) is 7.06. The molecule has 2 atom stereocenters. The highest BCUT2D eigenvalue weighted by Gasteiger charge is 2.37. The molecule has 10 heteroatoms. The van der Waals surface area contributed by atoms with Crippen molar-refractivity contribution in [3.63, 3.8) is 0 Å². The van der Waals surface area contributed by atoms with Gasteiger partial charge in [-0.3, -0.25) is 9.88 Å². The molecule has 150 valence electrons. The van der Waals surface area contributed by atoms with Crippen molar-refractivity contribution in [2.75, 3.05) is 16.8 Å². The number of anilines is 2. The summed E-state index contributed by atoms with van der Waals surface area (Å²) in [6.45, 7) is 6.28. The van der Waals surface area contributed by atoms with Gasteiger partial charge in [0, 0.05) is 24.2 Å². The number of carbonyl (C=O) groups excluding carboxylic acids is 1. The fourth-order valence-electron chi connectivity index (χ4n) is 3.02. The number of amides is 1. The van der Waals surface area contributed by atoms with E-state index in [1.807, 2.05) is 26.8 Å². The van der Waals surface area contributed by atoms with Gasteiger partial charge in [0.15, 0.2) is 0 Å². The zero-order valence-corrected chi connectivity index (χ0v) is 16.3. The molecule has 0 aromatic carbocycles. The third-order valence-corrected chi connectivity index (χ3v) is 4.64. The van der Waals surface area contributed by atoms with Crippen LogP contribution < -0.4 is 10.2 Å². The van der Waals surface area contributed by atoms with Gasteiger partial charge in [-0.25, -0.2) is 9.78 Å². The topological polar surface area (TPSA) is 119 Å². The quantitative estimate of drug-likeness (QED) is 0.671. The van der Waals surface area contributed by atoms with Gasteiger partial charge in [0.2, 0.25) is 17.7 Å². The minimum atomic E-state index is -0.403. The zero-order valence-electron chi connectivity index (χ0n) is 16.3. The number of rotatable bonds is 6. The van der Waals surface area contributed by atoms with E-state index in [-0.39, 0.29) is 18.0 Å². The Morgan fingerprint density at radius 2 is 2.07 bits per heavy atom. The predicted octanol–water partition coefficient (Wildman–Crippen LogP) is 3.08. The zero-order chi connectivity index (χ0) is 20.4. The van der Waals surface area contributed by atoms with Crippen LogP contribution in [0.25, 0.3) is 11.4 Å². The summed E-state index contributed by atoms with van der Waals surface area (Å²) < 4.78 is 10.6. The van der Waals surface area contributed by atoms with Crippen molar-refractivity contribution in [3.05, 3.63) is 42.7 Å². The van der Waals surface area contributed by atoms with Crippen LogP contribution in [0.3, 0.4) is 0 Å². The highest BCUT2D eigenvalue weighted by molar-refractivity contribution is 5.89. The number of cyclic esters (lactones) is 1. The fraction of sp³-hybridized carbons (Fsp3) is 0.368. The van der Waals surface area contributed by atoms with Gasteiger partial charge in [0.1, 0.15) is 18.5 Å². The average molecular weight is 395 g/mol. The molecule has 0 saturated carbocycles. The van der Waals surface area contributed by atoms with Crippen molar-refractivity contribution in [2.24, 2.45) is 5.92 Å². The van der Waals surface area contributed by atoms with Crippen molar-refractivity contribution >= 4 is 17.9 Å². The summed E-state index contributed by atoms with van der Waals surface area (Å²) >= 11 is 0. The average Bonchev–Trinajstić information content (AvgIpc) is 3.36. The molecule has 10 nitrogen and oxygen atoms in total. The molecule has 1 amide bonds. The molecule has 1 aliphatic rings. The first-order valence-electron chi connectivity index (χ1n) is 9.32. The first-order valence-corrected chi connectivity index (χ1v) is 9.32. The fourth-order valence-corrected chi connectivity index (χ4v) is 3.02. The van der Waals surface area contributed by atoms with Crippen LogP contribution in [0.15, 0.2) is 41.3 Å². The Balaban J connectivity index is 1.51. The molecule has 4 heterocycles. The molecular formula is C19H21N7O3. The highest BCUT2D eigenvalue weighted by atomic mass is 16.6. The van der Waals surface area contributed by atoms with E-state index in [0.29, 0.717) is 30.1 Å². The highest BCUT2D eigenvalue weighted by Crippen LogP contribution is 2.26. The normalized spacial score (nSPS) is 17.4. The van der Waals surface area contributed by atoms with E-state index in [4.69, 9.17) is 9.26 Å². The maximum Gasteiger partial charge on any atom is 0.415 e. The Morgan fingerprint density at radius 3 is 2.83 bits per heavy atom. The van der Waals surface area contributed by atoms with Crippen molar-refractivity contribution in [1.82, 2.24) is 25.1 Å². The summed E-state index contributed by atoms with van der Waals surface area (Å²) in [5.74, 6) is 1.90. The molecule has 0 bridgehead atoms. The van der Waals surface area contributed by atoms with E-state index in [1.54, 1.807) is 35.6 Å². The van der Waals surface area contributed by atoms with E-state index < -0.39 is 6.09 Å². The Bertz CT molecular complexity index is 992. The summed E-state index contributed by atoms with van der Waals surface area (Å²) in [4.78, 5) is 30.9. The number of ether oxygens (including phenoxy) is 1. The van der Waals surface area contributed by atoms with Gasteiger partial charge < -0.3 is 14.6 Å². The number of hydrogen-bond donors (Lipinski definition) is 1. The molecule has 4 rings (SSSR count). The molecule has 0 spiro atoms. The van der Waals surface area contributed by atoms with E-state index in [1.165, 1.54) is 0 Å². The third-order valence-electron chi connectivity index (χ3n) is 4.64. The van der Waals surface area contributed by atoms with Gasteiger partial charge in [-0.1, -0.05) is 19.0 Å². The maximum absolute atomic E-state index is 12.2. The number of nitrogens with one attached hydrogen (secondary N) is 1. The molecule has 1 N–H and O–H groups in total. The summed E-state index contributed by atoms with van der Waals surface area (Å²) in [7, 11) is 0. The van der Waals surface area contributed by atoms with Crippen LogP contribution >= 0.6 is 0 Å². The smallest absolute Gasteiger partial charge is 0.415 e. The summed E-state index contributed by atoms with van der Waals surface area (Å²) in [6.07, 6.45) is 4.54. The third kappa shape index (κ3) is 3.86. The first kappa shape index (κ1) is 18.8. The lowest BCUT2D eigenvalue weighted by molar-refractivity contribution is 0.177. The molecule has 1 fully saturated rings. The first-order chi connectivity index (χ1) is 14.0. The number of hydrogen-bond acceptors (Lipinski definition) is 9. The molecule has 0 radical (unpaired) electrons. The lowest BCUT2D eigenvalue weighted by atomic mass is 10.0. The Morgan fingerprint density at radius 1 is 1.21 bits per heavy atom. The van der Waals surface area contributed by atoms with E-state index in [0.717, 1.165) is 5.56 Å². The molecule has 3 aromatic rings. The Hall–Kier alpha value is -3.56. The lowest BCUT2D eigenvalue weighted by Crippen LogP contribution is -2.37. The van der Waals surface area contributed by atoms with Crippen LogP contribution in [0.4, 0.5) is 16.6 Å². The van der Waals surface area contributed by atoms with Crippen LogP contribution in [0.1, 0.15) is 32.7 Å². The van der Waals surface area contributed by atoms with Crippen molar-refractivity contribution in [2.45, 2.75) is 32.9 Å². The maximum atomic E-state index is 12.2. The van der Waals surface area contributed by atoms with E-state index in [2.05, 4.69) is 30.4 Å². The van der Waals surface area contributed by atoms with E-state index in [9.17, 15) is 4.79 Å². The molecule has 29 heavy (non-hydrogen) atoms. The summed E-state index contributed by atoms with van der Waals surface area (Å²) in [5.41, 5.74) is 0.764. The number of carbonyl (C=O) groups is 1. The largest absolute Gasteiger partial charge is 0.447 e. The van der Waals surface area contributed by atoms with Crippen LogP contribution in [0, 0.1) is 5.92 Å². The molecule has 0 unspecified atom stereocenters. The van der Waals surface area contributed by atoms with Gasteiger partial charge in [-0.2, -0.15) is 9.97 Å². The van der Waals surface area contributed by atoms with Gasteiger partial charge in [0.25, 0.3) is 0 Å².